The molecule has 2 N–H and O–H groups in total. The summed E-state index contributed by atoms with van der Waals surface area (Å²) in [6.07, 6.45) is 2.13. The molecule has 1 unspecified atom stereocenters. The van der Waals surface area contributed by atoms with E-state index in [0.717, 1.165) is 6.42 Å². The van der Waals surface area contributed by atoms with Crippen molar-refractivity contribution in [3.8, 4) is 0 Å². The maximum Gasteiger partial charge on any atom is 0.317 e. The number of carbonyl (C=O) groups excluding carboxylic acids is 1. The van der Waals surface area contributed by atoms with Crippen LogP contribution in [0.1, 0.15) is 24.8 Å². The molecule has 0 radical (unpaired) electrons. The maximum atomic E-state index is 13.9. The first-order valence-electron chi connectivity index (χ1n) is 7.64. The van der Waals surface area contributed by atoms with E-state index in [9.17, 15) is 13.6 Å². The Morgan fingerprint density at radius 1 is 1.36 bits per heavy atom. The summed E-state index contributed by atoms with van der Waals surface area (Å²) >= 11 is 0. The Bertz CT molecular complexity index is 555. The summed E-state index contributed by atoms with van der Waals surface area (Å²) in [5.74, 6) is -0.967. The summed E-state index contributed by atoms with van der Waals surface area (Å²) < 4.78 is 27.8. The van der Waals surface area contributed by atoms with Gasteiger partial charge in [-0.1, -0.05) is 6.07 Å². The van der Waals surface area contributed by atoms with Gasteiger partial charge < -0.3 is 15.3 Å². The van der Waals surface area contributed by atoms with Gasteiger partial charge in [-0.05, 0) is 31.4 Å². The monoisotopic (exact) mass is 310 g/mol. The number of hydrogen-bond donors (Lipinski definition) is 2. The Kier molecular flexibility index (Phi) is 4.04. The molecule has 6 heteroatoms. The first-order valence-corrected chi connectivity index (χ1v) is 7.64. The fraction of sp³-hybridized carbons (Fsp3) is 0.562. The molecule has 2 aliphatic rings. The number of carbonyl (C=O) groups is 1. The molecule has 1 aromatic carbocycles. The molecule has 1 aliphatic carbocycles. The number of nitrogens with zero attached hydrogens (tertiary/aromatic N) is 1. The van der Waals surface area contributed by atoms with Crippen molar-refractivity contribution < 1.29 is 18.7 Å². The highest BCUT2D eigenvalue weighted by Gasteiger charge is 2.48. The standard InChI is InChI=1S/C16H20F2N2O2/c17-12-2-1-3-13(18)14(12)16(5-6-16)10-19-15(22)20-7-4-11(8-20)9-21/h1-3,11,21H,4-10H2,(H,19,22). The van der Waals surface area contributed by atoms with Gasteiger partial charge in [-0.15, -0.1) is 0 Å². The number of rotatable bonds is 4. The minimum atomic E-state index is -0.610. The van der Waals surface area contributed by atoms with Crippen molar-refractivity contribution in [2.24, 2.45) is 5.92 Å². The number of amides is 2. The predicted molar refractivity (Wildman–Crippen MR) is 77.4 cm³/mol. The van der Waals surface area contributed by atoms with Crippen LogP contribution in [0.25, 0.3) is 0 Å². The molecular formula is C16H20F2N2O2. The van der Waals surface area contributed by atoms with Gasteiger partial charge in [0.1, 0.15) is 11.6 Å². The summed E-state index contributed by atoms with van der Waals surface area (Å²) in [5, 5.41) is 11.9. The van der Waals surface area contributed by atoms with E-state index in [-0.39, 0.29) is 30.7 Å². The highest BCUT2D eigenvalue weighted by atomic mass is 19.1. The van der Waals surface area contributed by atoms with Gasteiger partial charge >= 0.3 is 6.03 Å². The molecule has 0 bridgehead atoms. The zero-order valence-electron chi connectivity index (χ0n) is 12.3. The van der Waals surface area contributed by atoms with E-state index in [2.05, 4.69) is 5.32 Å². The Morgan fingerprint density at radius 2 is 2.05 bits per heavy atom. The van der Waals surface area contributed by atoms with Crippen LogP contribution in [0.3, 0.4) is 0 Å². The fourth-order valence-electron chi connectivity index (χ4n) is 3.19. The third kappa shape index (κ3) is 2.79. The first-order chi connectivity index (χ1) is 10.6. The predicted octanol–water partition coefficient (Wildman–Crippen LogP) is 2.02. The number of likely N-dealkylation sites (tertiary alicyclic amines) is 1. The molecule has 3 rings (SSSR count). The smallest absolute Gasteiger partial charge is 0.317 e. The largest absolute Gasteiger partial charge is 0.396 e. The minimum Gasteiger partial charge on any atom is -0.396 e. The van der Waals surface area contributed by atoms with Gasteiger partial charge in [0, 0.05) is 43.1 Å². The zero-order valence-corrected chi connectivity index (χ0v) is 12.3. The molecule has 0 aromatic heterocycles. The number of halogens is 2. The topological polar surface area (TPSA) is 52.6 Å². The summed E-state index contributed by atoms with van der Waals surface area (Å²) in [7, 11) is 0. The van der Waals surface area contributed by atoms with E-state index < -0.39 is 17.0 Å². The Labute approximate surface area is 128 Å². The van der Waals surface area contributed by atoms with E-state index in [4.69, 9.17) is 5.11 Å². The minimum absolute atomic E-state index is 0.0775. The molecule has 0 spiro atoms. The van der Waals surface area contributed by atoms with E-state index in [0.29, 0.717) is 25.9 Å². The number of benzene rings is 1. The highest BCUT2D eigenvalue weighted by Crippen LogP contribution is 2.49. The number of nitrogens with one attached hydrogen (secondary N) is 1. The molecule has 1 saturated heterocycles. The van der Waals surface area contributed by atoms with Crippen LogP contribution in [0.5, 0.6) is 0 Å². The molecule has 1 heterocycles. The van der Waals surface area contributed by atoms with Crippen LogP contribution >= 0.6 is 0 Å². The van der Waals surface area contributed by atoms with Crippen molar-refractivity contribution in [3.05, 3.63) is 35.4 Å². The van der Waals surface area contributed by atoms with Crippen LogP contribution in [-0.2, 0) is 5.41 Å². The average molecular weight is 310 g/mol. The SMILES string of the molecule is O=C(NCC1(c2c(F)cccc2F)CC1)N1CCC(CO)C1. The van der Waals surface area contributed by atoms with E-state index >= 15 is 0 Å². The van der Waals surface area contributed by atoms with E-state index in [1.54, 1.807) is 4.90 Å². The molecule has 1 aliphatic heterocycles. The summed E-state index contributed by atoms with van der Waals surface area (Å²) in [4.78, 5) is 13.8. The lowest BCUT2D eigenvalue weighted by molar-refractivity contribution is 0.197. The Balaban J connectivity index is 1.63. The summed E-state index contributed by atoms with van der Waals surface area (Å²) in [5.41, 5.74) is -0.522. The van der Waals surface area contributed by atoms with Gasteiger partial charge in [0.15, 0.2) is 0 Å². The lowest BCUT2D eigenvalue weighted by atomic mass is 9.94. The number of aliphatic hydroxyl groups is 1. The number of hydrogen-bond acceptors (Lipinski definition) is 2. The Hall–Kier alpha value is -1.69. The second-order valence-electron chi connectivity index (χ2n) is 6.32. The second kappa shape index (κ2) is 5.83. The van der Waals surface area contributed by atoms with E-state index in [1.165, 1.54) is 18.2 Å². The van der Waals surface area contributed by atoms with Crippen molar-refractivity contribution in [3.63, 3.8) is 0 Å². The maximum absolute atomic E-state index is 13.9. The van der Waals surface area contributed by atoms with Gasteiger partial charge in [0.05, 0.1) is 0 Å². The fourth-order valence-corrected chi connectivity index (χ4v) is 3.19. The van der Waals surface area contributed by atoms with E-state index in [1.807, 2.05) is 0 Å². The lowest BCUT2D eigenvalue weighted by Crippen LogP contribution is -2.42. The normalized spacial score (nSPS) is 22.7. The third-order valence-corrected chi connectivity index (χ3v) is 4.76. The number of aliphatic hydroxyl groups excluding tert-OH is 1. The average Bonchev–Trinajstić information content (AvgIpc) is 3.11. The van der Waals surface area contributed by atoms with Gasteiger partial charge in [-0.3, -0.25) is 0 Å². The summed E-state index contributed by atoms with van der Waals surface area (Å²) in [6, 6.07) is 3.64. The van der Waals surface area contributed by atoms with Gasteiger partial charge in [-0.25, -0.2) is 13.6 Å². The molecule has 4 nitrogen and oxygen atoms in total. The van der Waals surface area contributed by atoms with Gasteiger partial charge in [0.2, 0.25) is 0 Å². The molecule has 120 valence electrons. The van der Waals surface area contributed by atoms with Crippen LogP contribution < -0.4 is 5.32 Å². The van der Waals surface area contributed by atoms with Crippen molar-refractivity contribution in [2.45, 2.75) is 24.7 Å². The van der Waals surface area contributed by atoms with Gasteiger partial charge in [0.25, 0.3) is 0 Å². The first kappa shape index (κ1) is 15.2. The molecule has 1 aromatic rings. The Morgan fingerprint density at radius 3 is 2.59 bits per heavy atom. The molecular weight excluding hydrogens is 290 g/mol. The van der Waals surface area contributed by atoms with Crippen LogP contribution in [0.4, 0.5) is 13.6 Å². The van der Waals surface area contributed by atoms with Crippen LogP contribution in [-0.4, -0.2) is 42.3 Å². The van der Waals surface area contributed by atoms with Gasteiger partial charge in [-0.2, -0.15) is 0 Å². The highest BCUT2D eigenvalue weighted by molar-refractivity contribution is 5.74. The zero-order chi connectivity index (χ0) is 15.7. The van der Waals surface area contributed by atoms with Crippen molar-refractivity contribution in [2.75, 3.05) is 26.2 Å². The quantitative estimate of drug-likeness (QED) is 0.894. The van der Waals surface area contributed by atoms with Crippen LogP contribution in [0.2, 0.25) is 0 Å². The van der Waals surface area contributed by atoms with Crippen molar-refractivity contribution >= 4 is 6.03 Å². The molecule has 2 amide bonds. The molecule has 1 atom stereocenters. The molecule has 2 fully saturated rings. The summed E-state index contributed by atoms with van der Waals surface area (Å²) in [6.45, 7) is 1.46. The van der Waals surface area contributed by atoms with Crippen LogP contribution in [0.15, 0.2) is 18.2 Å². The van der Waals surface area contributed by atoms with Crippen molar-refractivity contribution in [1.29, 1.82) is 0 Å². The molecule has 1 saturated carbocycles. The second-order valence-corrected chi connectivity index (χ2v) is 6.32. The third-order valence-electron chi connectivity index (χ3n) is 4.76. The number of urea groups is 1. The molecule has 22 heavy (non-hydrogen) atoms. The van der Waals surface area contributed by atoms with Crippen LogP contribution in [0, 0.1) is 17.6 Å². The van der Waals surface area contributed by atoms with Crippen molar-refractivity contribution in [1.82, 2.24) is 10.2 Å². The lowest BCUT2D eigenvalue weighted by Gasteiger charge is -2.22.